The van der Waals surface area contributed by atoms with Gasteiger partial charge in [-0.1, -0.05) is 37.3 Å². The van der Waals surface area contributed by atoms with Crippen LogP contribution in [0.3, 0.4) is 0 Å². The van der Waals surface area contributed by atoms with Crippen LogP contribution in [0, 0.1) is 5.92 Å². The highest BCUT2D eigenvalue weighted by Crippen LogP contribution is 2.03. The van der Waals surface area contributed by atoms with Gasteiger partial charge < -0.3 is 25.0 Å². The number of aliphatic imine (C=N–C) groups is 1. The Morgan fingerprint density at radius 3 is 2.48 bits per heavy atom. The van der Waals surface area contributed by atoms with Crippen LogP contribution < -0.4 is 10.6 Å². The van der Waals surface area contributed by atoms with E-state index in [2.05, 4.69) is 53.7 Å². The molecule has 6 heteroatoms. The first kappa shape index (κ1) is 23.4. The molecule has 1 aromatic rings. The molecule has 0 aliphatic heterocycles. The molecule has 6 nitrogen and oxygen atoms in total. The molecule has 0 bridgehead atoms. The number of nitrogens with zero attached hydrogens (tertiary/aromatic N) is 2. The van der Waals surface area contributed by atoms with Gasteiger partial charge in [-0.15, -0.1) is 0 Å². The Morgan fingerprint density at radius 1 is 1.15 bits per heavy atom. The molecule has 0 aliphatic rings. The number of guanidine groups is 1. The lowest BCUT2D eigenvalue weighted by Crippen LogP contribution is -2.44. The topological polar surface area (TPSA) is 58.1 Å². The van der Waals surface area contributed by atoms with Crippen LogP contribution in [0.4, 0.5) is 0 Å². The molecular formula is C21H38N4O2. The molecular weight excluding hydrogens is 340 g/mol. The van der Waals surface area contributed by atoms with Crippen LogP contribution in [0.1, 0.15) is 25.8 Å². The van der Waals surface area contributed by atoms with Crippen molar-refractivity contribution in [1.29, 1.82) is 0 Å². The van der Waals surface area contributed by atoms with E-state index in [1.165, 1.54) is 5.56 Å². The van der Waals surface area contributed by atoms with Crippen molar-refractivity contribution >= 4 is 5.96 Å². The highest BCUT2D eigenvalue weighted by atomic mass is 16.5. The molecule has 0 spiro atoms. The Labute approximate surface area is 165 Å². The number of hydrogen-bond donors (Lipinski definition) is 2. The highest BCUT2D eigenvalue weighted by molar-refractivity contribution is 5.79. The van der Waals surface area contributed by atoms with Gasteiger partial charge in [-0.05, 0) is 38.9 Å². The van der Waals surface area contributed by atoms with E-state index in [4.69, 9.17) is 9.47 Å². The van der Waals surface area contributed by atoms with E-state index in [1.54, 1.807) is 7.05 Å². The van der Waals surface area contributed by atoms with Gasteiger partial charge in [0.05, 0.1) is 19.3 Å². The Hall–Kier alpha value is -1.63. The van der Waals surface area contributed by atoms with Crippen LogP contribution in [0.5, 0.6) is 0 Å². The molecule has 2 N–H and O–H groups in total. The second-order valence-electron chi connectivity index (χ2n) is 7.11. The minimum Gasteiger partial charge on any atom is -0.377 e. The summed E-state index contributed by atoms with van der Waals surface area (Å²) in [6.07, 6.45) is 1.18. The van der Waals surface area contributed by atoms with Gasteiger partial charge in [-0.25, -0.2) is 0 Å². The minimum absolute atomic E-state index is 0.183. The first-order valence-electron chi connectivity index (χ1n) is 9.87. The summed E-state index contributed by atoms with van der Waals surface area (Å²) in [5, 5.41) is 6.74. The van der Waals surface area contributed by atoms with Gasteiger partial charge in [0.25, 0.3) is 0 Å². The molecule has 154 valence electrons. The predicted molar refractivity (Wildman–Crippen MR) is 113 cm³/mol. The molecule has 2 atom stereocenters. The van der Waals surface area contributed by atoms with Crippen molar-refractivity contribution in [2.75, 3.05) is 54.0 Å². The van der Waals surface area contributed by atoms with Crippen LogP contribution in [0.25, 0.3) is 0 Å². The molecule has 0 aliphatic carbocycles. The molecule has 0 saturated heterocycles. The highest BCUT2D eigenvalue weighted by Gasteiger charge is 2.11. The molecule has 0 aromatic heterocycles. The van der Waals surface area contributed by atoms with Gasteiger partial charge in [-0.3, -0.25) is 4.99 Å². The van der Waals surface area contributed by atoms with Gasteiger partial charge in [0.2, 0.25) is 0 Å². The number of benzene rings is 1. The fourth-order valence-electron chi connectivity index (χ4n) is 2.60. The Kier molecular flexibility index (Phi) is 12.5. The molecule has 2 unspecified atom stereocenters. The fraction of sp³-hybridized carbons (Fsp3) is 0.667. The van der Waals surface area contributed by atoms with E-state index in [0.717, 1.165) is 38.6 Å². The lowest BCUT2D eigenvalue weighted by Gasteiger charge is -2.22. The van der Waals surface area contributed by atoms with E-state index in [1.807, 2.05) is 25.1 Å². The summed E-state index contributed by atoms with van der Waals surface area (Å²) < 4.78 is 11.6. The summed E-state index contributed by atoms with van der Waals surface area (Å²) >= 11 is 0. The first-order valence-corrected chi connectivity index (χ1v) is 9.87. The maximum Gasteiger partial charge on any atom is 0.191 e. The van der Waals surface area contributed by atoms with Gasteiger partial charge in [0.1, 0.15) is 0 Å². The summed E-state index contributed by atoms with van der Waals surface area (Å²) in [5.41, 5.74) is 1.20. The fourth-order valence-corrected chi connectivity index (χ4v) is 2.60. The van der Waals surface area contributed by atoms with E-state index < -0.39 is 0 Å². The van der Waals surface area contributed by atoms with Crippen LogP contribution in [-0.4, -0.2) is 71.0 Å². The molecule has 1 aromatic carbocycles. The molecule has 1 rings (SSSR count). The van der Waals surface area contributed by atoms with Crippen LogP contribution in [0.2, 0.25) is 0 Å². The van der Waals surface area contributed by atoms with Crippen molar-refractivity contribution < 1.29 is 9.47 Å². The quantitative estimate of drug-likeness (QED) is 0.408. The third-order valence-electron chi connectivity index (χ3n) is 4.15. The maximum atomic E-state index is 5.82. The number of hydrogen-bond acceptors (Lipinski definition) is 4. The molecule has 0 heterocycles. The zero-order chi connectivity index (χ0) is 19.9. The monoisotopic (exact) mass is 378 g/mol. The van der Waals surface area contributed by atoms with Crippen molar-refractivity contribution in [2.45, 2.75) is 33.0 Å². The lowest BCUT2D eigenvalue weighted by molar-refractivity contribution is 0.0547. The van der Waals surface area contributed by atoms with E-state index in [9.17, 15) is 0 Å². The van der Waals surface area contributed by atoms with Crippen LogP contribution >= 0.6 is 0 Å². The SMILES string of the molecule is CCOC(CCN(C)C)CNC(=NC)NCC(C)COCc1ccccc1. The average Bonchev–Trinajstić information content (AvgIpc) is 2.66. The smallest absolute Gasteiger partial charge is 0.191 e. The Bertz CT molecular complexity index is 508. The minimum atomic E-state index is 0.183. The third-order valence-corrected chi connectivity index (χ3v) is 4.15. The van der Waals surface area contributed by atoms with E-state index >= 15 is 0 Å². The second kappa shape index (κ2) is 14.4. The molecule has 27 heavy (non-hydrogen) atoms. The lowest BCUT2D eigenvalue weighted by atomic mass is 10.2. The molecule has 0 radical (unpaired) electrons. The van der Waals surface area contributed by atoms with Gasteiger partial charge >= 0.3 is 0 Å². The number of ether oxygens (including phenoxy) is 2. The number of nitrogens with one attached hydrogen (secondary N) is 2. The molecule has 0 saturated carbocycles. The number of rotatable bonds is 13. The first-order chi connectivity index (χ1) is 13.0. The zero-order valence-corrected chi connectivity index (χ0v) is 17.7. The standard InChI is InChI=1S/C21H38N4O2/c1-6-27-20(12-13-25(4)5)15-24-21(22-3)23-14-18(2)16-26-17-19-10-8-7-9-11-19/h7-11,18,20H,6,12-17H2,1-5H3,(H2,22,23,24). The summed E-state index contributed by atoms with van der Waals surface area (Å²) in [6, 6.07) is 10.3. The summed E-state index contributed by atoms with van der Waals surface area (Å²) in [7, 11) is 5.96. The van der Waals surface area contributed by atoms with E-state index in [0.29, 0.717) is 19.1 Å². The molecule has 0 fully saturated rings. The van der Waals surface area contributed by atoms with Crippen molar-refractivity contribution in [3.63, 3.8) is 0 Å². The molecule has 0 amide bonds. The van der Waals surface area contributed by atoms with Crippen molar-refractivity contribution in [2.24, 2.45) is 10.9 Å². The van der Waals surface area contributed by atoms with Crippen molar-refractivity contribution in [1.82, 2.24) is 15.5 Å². The third kappa shape index (κ3) is 11.6. The largest absolute Gasteiger partial charge is 0.377 e. The summed E-state index contributed by atoms with van der Waals surface area (Å²) in [5.74, 6) is 1.20. The summed E-state index contributed by atoms with van der Waals surface area (Å²) in [6.45, 7) is 8.86. The van der Waals surface area contributed by atoms with Crippen LogP contribution in [-0.2, 0) is 16.1 Å². The van der Waals surface area contributed by atoms with Crippen LogP contribution in [0.15, 0.2) is 35.3 Å². The maximum absolute atomic E-state index is 5.82. The summed E-state index contributed by atoms with van der Waals surface area (Å²) in [4.78, 5) is 6.48. The van der Waals surface area contributed by atoms with E-state index in [-0.39, 0.29) is 6.10 Å². The van der Waals surface area contributed by atoms with Crippen molar-refractivity contribution in [3.8, 4) is 0 Å². The predicted octanol–water partition coefficient (Wildman–Crippen LogP) is 2.36. The van der Waals surface area contributed by atoms with Crippen molar-refractivity contribution in [3.05, 3.63) is 35.9 Å². The van der Waals surface area contributed by atoms with Gasteiger partial charge in [-0.2, -0.15) is 0 Å². The van der Waals surface area contributed by atoms with Gasteiger partial charge in [0, 0.05) is 33.3 Å². The Morgan fingerprint density at radius 2 is 1.85 bits per heavy atom. The Balaban J connectivity index is 2.25. The average molecular weight is 379 g/mol. The normalized spacial score (nSPS) is 14.2. The zero-order valence-electron chi connectivity index (χ0n) is 17.7. The van der Waals surface area contributed by atoms with Gasteiger partial charge in [0.15, 0.2) is 5.96 Å². The second-order valence-corrected chi connectivity index (χ2v) is 7.11.